The van der Waals surface area contributed by atoms with E-state index in [1.54, 1.807) is 10.7 Å². The molecule has 1 atom stereocenters. The molecule has 0 spiro atoms. The minimum Gasteiger partial charge on any atom is -0.494 e. The van der Waals surface area contributed by atoms with Gasteiger partial charge >= 0.3 is 0 Å². The molecule has 0 aliphatic heterocycles. The molecular formula is C14H18N4O3. The van der Waals surface area contributed by atoms with Crippen LogP contribution in [-0.2, 0) is 7.05 Å². The van der Waals surface area contributed by atoms with E-state index in [-0.39, 0.29) is 11.7 Å². The summed E-state index contributed by atoms with van der Waals surface area (Å²) < 4.78 is 6.98. The van der Waals surface area contributed by atoms with Crippen molar-refractivity contribution in [2.75, 3.05) is 12.4 Å². The molecule has 0 saturated carbocycles. The maximum Gasteiger partial charge on any atom is 0.273 e. The zero-order valence-electron chi connectivity index (χ0n) is 12.5. The quantitative estimate of drug-likeness (QED) is 0.676. The second kappa shape index (κ2) is 5.82. The Morgan fingerprint density at radius 2 is 2.19 bits per heavy atom. The number of hydrogen-bond donors (Lipinski definition) is 1. The number of nitro benzene ring substituents is 1. The average molecular weight is 290 g/mol. The van der Waals surface area contributed by atoms with Gasteiger partial charge in [-0.2, -0.15) is 5.10 Å². The van der Waals surface area contributed by atoms with Gasteiger partial charge in [-0.3, -0.25) is 14.8 Å². The molecule has 2 rings (SSSR count). The van der Waals surface area contributed by atoms with E-state index in [4.69, 9.17) is 4.74 Å². The molecule has 1 heterocycles. The molecule has 112 valence electrons. The minimum atomic E-state index is -0.443. The number of non-ortho nitro benzene ring substituents is 1. The Bertz CT molecular complexity index is 666. The van der Waals surface area contributed by atoms with Gasteiger partial charge in [-0.1, -0.05) is 0 Å². The van der Waals surface area contributed by atoms with Gasteiger partial charge in [-0.25, -0.2) is 0 Å². The largest absolute Gasteiger partial charge is 0.494 e. The highest BCUT2D eigenvalue weighted by Crippen LogP contribution is 2.32. The normalized spacial score (nSPS) is 12.0. The molecule has 1 N–H and O–H groups in total. The van der Waals surface area contributed by atoms with Crippen molar-refractivity contribution in [1.29, 1.82) is 0 Å². The van der Waals surface area contributed by atoms with Crippen molar-refractivity contribution in [3.05, 3.63) is 45.8 Å². The van der Waals surface area contributed by atoms with Gasteiger partial charge in [0.15, 0.2) is 0 Å². The Balaban J connectivity index is 2.26. The SMILES string of the molecule is COc1cc([N+](=O)[O-])ccc1NC(C)c1cn(C)nc1C. The Morgan fingerprint density at radius 3 is 2.71 bits per heavy atom. The Kier molecular flexibility index (Phi) is 4.11. The van der Waals surface area contributed by atoms with Gasteiger partial charge in [0.05, 0.1) is 35.5 Å². The first-order chi connectivity index (χ1) is 9.92. The standard InChI is InChI=1S/C14H18N4O3/c1-9(12-8-17(3)16-10(12)2)15-13-6-5-11(18(19)20)7-14(13)21-4/h5-9,15H,1-4H3. The number of nitrogens with one attached hydrogen (secondary N) is 1. The monoisotopic (exact) mass is 290 g/mol. The summed E-state index contributed by atoms with van der Waals surface area (Å²) in [5.74, 6) is 0.442. The molecule has 0 amide bonds. The lowest BCUT2D eigenvalue weighted by molar-refractivity contribution is -0.384. The van der Waals surface area contributed by atoms with E-state index in [1.165, 1.54) is 19.2 Å². The van der Waals surface area contributed by atoms with Crippen LogP contribution in [0.2, 0.25) is 0 Å². The predicted octanol–water partition coefficient (Wildman–Crippen LogP) is 2.82. The lowest BCUT2D eigenvalue weighted by atomic mass is 10.1. The van der Waals surface area contributed by atoms with Crippen molar-refractivity contribution < 1.29 is 9.66 Å². The third-order valence-electron chi connectivity index (χ3n) is 3.29. The molecule has 7 heteroatoms. The van der Waals surface area contributed by atoms with Crippen LogP contribution in [0.3, 0.4) is 0 Å². The third kappa shape index (κ3) is 3.13. The van der Waals surface area contributed by atoms with Crippen molar-refractivity contribution in [3.63, 3.8) is 0 Å². The molecule has 0 saturated heterocycles. The molecule has 0 radical (unpaired) electrons. The second-order valence-corrected chi connectivity index (χ2v) is 4.85. The molecule has 2 aromatic rings. The summed E-state index contributed by atoms with van der Waals surface area (Å²) >= 11 is 0. The van der Waals surface area contributed by atoms with Crippen molar-refractivity contribution in [1.82, 2.24) is 9.78 Å². The van der Waals surface area contributed by atoms with Crippen LogP contribution in [0, 0.1) is 17.0 Å². The number of ether oxygens (including phenoxy) is 1. The number of aryl methyl sites for hydroxylation is 2. The van der Waals surface area contributed by atoms with Crippen molar-refractivity contribution >= 4 is 11.4 Å². The molecule has 0 aliphatic carbocycles. The van der Waals surface area contributed by atoms with E-state index in [2.05, 4.69) is 10.4 Å². The van der Waals surface area contributed by atoms with Crippen molar-refractivity contribution in [3.8, 4) is 5.75 Å². The molecule has 0 fully saturated rings. The van der Waals surface area contributed by atoms with E-state index in [9.17, 15) is 10.1 Å². The first-order valence-electron chi connectivity index (χ1n) is 6.51. The average Bonchev–Trinajstić information content (AvgIpc) is 2.78. The van der Waals surface area contributed by atoms with Crippen LogP contribution in [0.4, 0.5) is 11.4 Å². The smallest absolute Gasteiger partial charge is 0.273 e. The Hall–Kier alpha value is -2.57. The Labute approximate surface area is 122 Å². The van der Waals surface area contributed by atoms with Crippen molar-refractivity contribution in [2.45, 2.75) is 19.9 Å². The molecule has 0 bridgehead atoms. The highest BCUT2D eigenvalue weighted by Gasteiger charge is 2.16. The number of aromatic nitrogens is 2. The molecule has 7 nitrogen and oxygen atoms in total. The summed E-state index contributed by atoms with van der Waals surface area (Å²) in [4.78, 5) is 10.3. The summed E-state index contributed by atoms with van der Waals surface area (Å²) in [6.07, 6.45) is 1.95. The van der Waals surface area contributed by atoms with Crippen LogP contribution in [0.15, 0.2) is 24.4 Å². The minimum absolute atomic E-state index is 0.00242. The predicted molar refractivity (Wildman–Crippen MR) is 79.6 cm³/mol. The molecule has 1 unspecified atom stereocenters. The number of nitrogens with zero attached hydrogens (tertiary/aromatic N) is 3. The lowest BCUT2D eigenvalue weighted by Gasteiger charge is -2.17. The van der Waals surface area contributed by atoms with E-state index < -0.39 is 4.92 Å². The second-order valence-electron chi connectivity index (χ2n) is 4.85. The summed E-state index contributed by atoms with van der Waals surface area (Å²) in [6.45, 7) is 3.95. The van der Waals surface area contributed by atoms with Crippen LogP contribution >= 0.6 is 0 Å². The lowest BCUT2D eigenvalue weighted by Crippen LogP contribution is -2.08. The molecule has 21 heavy (non-hydrogen) atoms. The summed E-state index contributed by atoms with van der Waals surface area (Å²) in [7, 11) is 3.36. The molecular weight excluding hydrogens is 272 g/mol. The number of methoxy groups -OCH3 is 1. The van der Waals surface area contributed by atoms with E-state index in [1.807, 2.05) is 27.1 Å². The fourth-order valence-corrected chi connectivity index (χ4v) is 2.27. The topological polar surface area (TPSA) is 82.2 Å². The molecule has 0 aliphatic rings. The maximum atomic E-state index is 10.8. The first kappa shape index (κ1) is 14.8. The molecule has 1 aromatic heterocycles. The Morgan fingerprint density at radius 1 is 1.48 bits per heavy atom. The number of benzene rings is 1. The fourth-order valence-electron chi connectivity index (χ4n) is 2.27. The van der Waals surface area contributed by atoms with E-state index in [0.717, 1.165) is 11.3 Å². The number of hydrogen-bond acceptors (Lipinski definition) is 5. The van der Waals surface area contributed by atoms with Gasteiger partial charge in [0.1, 0.15) is 5.75 Å². The van der Waals surface area contributed by atoms with Gasteiger partial charge in [0.25, 0.3) is 5.69 Å². The number of nitro groups is 1. The number of anilines is 1. The van der Waals surface area contributed by atoms with Gasteiger partial charge in [-0.15, -0.1) is 0 Å². The zero-order valence-corrected chi connectivity index (χ0v) is 12.5. The van der Waals surface area contributed by atoms with E-state index >= 15 is 0 Å². The summed E-state index contributed by atoms with van der Waals surface area (Å²) in [6, 6.07) is 4.52. The first-order valence-corrected chi connectivity index (χ1v) is 6.51. The van der Waals surface area contributed by atoms with E-state index in [0.29, 0.717) is 11.4 Å². The maximum absolute atomic E-state index is 10.8. The highest BCUT2D eigenvalue weighted by atomic mass is 16.6. The van der Waals surface area contributed by atoms with Gasteiger partial charge in [0.2, 0.25) is 0 Å². The van der Waals surface area contributed by atoms with Crippen LogP contribution in [0.1, 0.15) is 24.2 Å². The van der Waals surface area contributed by atoms with Crippen LogP contribution < -0.4 is 10.1 Å². The fraction of sp³-hybridized carbons (Fsp3) is 0.357. The van der Waals surface area contributed by atoms with Crippen molar-refractivity contribution in [2.24, 2.45) is 7.05 Å². The number of rotatable bonds is 5. The zero-order chi connectivity index (χ0) is 15.6. The van der Waals surface area contributed by atoms with Crippen LogP contribution in [-0.4, -0.2) is 21.8 Å². The van der Waals surface area contributed by atoms with Gasteiger partial charge in [-0.05, 0) is 19.9 Å². The third-order valence-corrected chi connectivity index (χ3v) is 3.29. The summed E-state index contributed by atoms with van der Waals surface area (Å²) in [5.41, 5.74) is 2.72. The van der Waals surface area contributed by atoms with Gasteiger partial charge < -0.3 is 10.1 Å². The highest BCUT2D eigenvalue weighted by molar-refractivity contribution is 5.61. The van der Waals surface area contributed by atoms with Crippen LogP contribution in [0.5, 0.6) is 5.75 Å². The van der Waals surface area contributed by atoms with Crippen LogP contribution in [0.25, 0.3) is 0 Å². The molecule has 1 aromatic carbocycles. The van der Waals surface area contributed by atoms with Gasteiger partial charge in [0, 0.05) is 24.9 Å². The summed E-state index contributed by atoms with van der Waals surface area (Å²) in [5, 5.41) is 18.4.